The molecule has 1 N–H and O–H groups in total. The molecule has 0 spiro atoms. The molecule has 2 aromatic carbocycles. The Morgan fingerprint density at radius 1 is 1.19 bits per heavy atom. The summed E-state index contributed by atoms with van der Waals surface area (Å²) >= 11 is 0. The Morgan fingerprint density at radius 2 is 1.81 bits per heavy atom. The van der Waals surface area contributed by atoms with Gasteiger partial charge in [0.1, 0.15) is 21.5 Å². The van der Waals surface area contributed by atoms with Crippen molar-refractivity contribution in [3.8, 4) is 11.5 Å². The van der Waals surface area contributed by atoms with Crippen molar-refractivity contribution < 1.29 is 27.6 Å². The first-order chi connectivity index (χ1) is 12.7. The molecule has 0 bridgehead atoms. The number of nitrogens with zero attached hydrogens (tertiary/aromatic N) is 2. The van der Waals surface area contributed by atoms with Crippen LogP contribution in [0.25, 0.3) is 22.0 Å². The van der Waals surface area contributed by atoms with Gasteiger partial charge in [-0.15, -0.1) is 0 Å². The fourth-order valence-corrected chi connectivity index (χ4v) is 2.49. The van der Waals surface area contributed by atoms with Gasteiger partial charge in [-0.25, -0.2) is 13.2 Å². The Kier molecular flexibility index (Phi) is 5.60. The second-order valence-electron chi connectivity index (χ2n) is 5.07. The molecule has 3 rings (SSSR count). The molecule has 0 fully saturated rings. The maximum Gasteiger partial charge on any atom is 0.462 e. The van der Waals surface area contributed by atoms with E-state index in [9.17, 15) is 22.9 Å². The summed E-state index contributed by atoms with van der Waals surface area (Å²) < 4.78 is 37.0. The zero-order valence-electron chi connectivity index (χ0n) is 13.5. The number of rotatable bonds is 2. The molecule has 0 radical (unpaired) electrons. The van der Waals surface area contributed by atoms with Gasteiger partial charge in [0.05, 0.1) is 4.90 Å². The Morgan fingerprint density at radius 3 is 2.33 bits per heavy atom. The summed E-state index contributed by atoms with van der Waals surface area (Å²) in [5, 5.41) is 28.6. The van der Waals surface area contributed by atoms with Crippen molar-refractivity contribution in [2.24, 2.45) is 0 Å². The molecule has 0 saturated heterocycles. The Hall–Kier alpha value is -3.68. The van der Waals surface area contributed by atoms with Crippen LogP contribution in [-0.2, 0) is 10.1 Å². The van der Waals surface area contributed by atoms with Crippen LogP contribution in [0.15, 0.2) is 63.2 Å². The molecule has 0 atom stereocenters. The molecule has 27 heavy (non-hydrogen) atoms. The van der Waals surface area contributed by atoms with E-state index in [-0.39, 0.29) is 11.0 Å². The molecule has 9 nitrogen and oxygen atoms in total. The van der Waals surface area contributed by atoms with Crippen molar-refractivity contribution in [3.63, 3.8) is 0 Å². The Balaban J connectivity index is 0.000000244. The molecular formula is C17H11N2O7S-. The van der Waals surface area contributed by atoms with E-state index in [0.717, 1.165) is 23.8 Å². The van der Waals surface area contributed by atoms with E-state index >= 15 is 0 Å². The number of phenolic OH excluding ortho intramolecular Hbond substituents is 1. The highest BCUT2D eigenvalue weighted by atomic mass is 32.2. The second-order valence-corrected chi connectivity index (χ2v) is 6.45. The molecular weight excluding hydrogens is 376 g/mol. The molecule has 1 heterocycles. The third kappa shape index (κ3) is 4.49. The molecule has 0 amide bonds. The molecule has 0 saturated carbocycles. The van der Waals surface area contributed by atoms with Crippen LogP contribution in [0.4, 0.5) is 5.69 Å². The first-order valence-corrected chi connectivity index (χ1v) is 8.58. The lowest BCUT2D eigenvalue weighted by Crippen LogP contribution is -2.05. The average Bonchev–Trinajstić information content (AvgIpc) is 2.62. The quantitative estimate of drug-likeness (QED) is 0.398. The summed E-state index contributed by atoms with van der Waals surface area (Å²) in [6, 6.07) is 9.56. The molecule has 1 aromatic heterocycles. The smallest absolute Gasteiger partial charge is 0.462 e. The average molecular weight is 387 g/mol. The molecule has 0 aliphatic heterocycles. The first-order valence-electron chi connectivity index (χ1n) is 7.17. The Labute approximate surface area is 152 Å². The molecule has 3 aromatic rings. The fourth-order valence-electron chi connectivity index (χ4n) is 2.00. The number of phenols is 1. The monoisotopic (exact) mass is 387 g/mol. The zero-order valence-corrected chi connectivity index (χ0v) is 14.3. The lowest BCUT2D eigenvalue weighted by molar-refractivity contribution is -0.264. The summed E-state index contributed by atoms with van der Waals surface area (Å²) in [4.78, 5) is 13.0. The molecule has 138 valence electrons. The summed E-state index contributed by atoms with van der Waals surface area (Å²) in [6.07, 6.45) is 1.74. The molecule has 0 aliphatic carbocycles. The third-order valence-electron chi connectivity index (χ3n) is 3.32. The number of hydrogen-bond acceptors (Lipinski definition) is 8. The standard InChI is InChI=1S/C9H4N2O6S.C8H8O/c10-11-7-8(12)5-3-4(18(14,15)16)1-2-6(5)17-9(7)13;1-2-7-3-5-8(9)6-4-7/h1-3H,(H-,12,13,14,15,16);2-6,9H,1H2/p-1. The van der Waals surface area contributed by atoms with E-state index in [1.54, 1.807) is 18.2 Å². The van der Waals surface area contributed by atoms with Crippen LogP contribution < -0.4 is 10.7 Å². The predicted octanol–water partition coefficient (Wildman–Crippen LogP) is 2.29. The normalized spacial score (nSPS) is 10.5. The van der Waals surface area contributed by atoms with Crippen molar-refractivity contribution in [2.75, 3.05) is 0 Å². The fraction of sp³-hybridized carbons (Fsp3) is 0. The molecule has 0 aliphatic rings. The van der Waals surface area contributed by atoms with E-state index in [1.165, 1.54) is 0 Å². The highest BCUT2D eigenvalue weighted by Crippen LogP contribution is 2.30. The van der Waals surface area contributed by atoms with Crippen molar-refractivity contribution in [2.45, 2.75) is 4.90 Å². The first kappa shape index (κ1) is 19.6. The summed E-state index contributed by atoms with van der Waals surface area (Å²) in [5.74, 6) is -0.727. The summed E-state index contributed by atoms with van der Waals surface area (Å²) in [5.41, 5.74) is -1.23. The highest BCUT2D eigenvalue weighted by molar-refractivity contribution is 7.85. The van der Waals surface area contributed by atoms with E-state index in [0.29, 0.717) is 5.75 Å². The van der Waals surface area contributed by atoms with Crippen LogP contribution in [0.5, 0.6) is 11.5 Å². The van der Waals surface area contributed by atoms with E-state index in [4.69, 9.17) is 10.5 Å². The largest absolute Gasteiger partial charge is 0.866 e. The second kappa shape index (κ2) is 7.69. The summed E-state index contributed by atoms with van der Waals surface area (Å²) in [6.45, 7) is 3.58. The van der Waals surface area contributed by atoms with Crippen LogP contribution in [0.3, 0.4) is 0 Å². The number of hydrogen-bond donors (Lipinski definition) is 1. The van der Waals surface area contributed by atoms with Gasteiger partial charge in [0.25, 0.3) is 0 Å². The maximum atomic E-state index is 11.6. The van der Waals surface area contributed by atoms with Gasteiger partial charge in [-0.1, -0.05) is 24.8 Å². The topological polar surface area (TPSA) is 159 Å². The minimum atomic E-state index is -4.74. The van der Waals surface area contributed by atoms with Gasteiger partial charge < -0.3 is 19.2 Å². The lowest BCUT2D eigenvalue weighted by Gasteiger charge is -2.10. The van der Waals surface area contributed by atoms with Crippen LogP contribution >= 0.6 is 0 Å². The Bertz CT molecular complexity index is 1210. The van der Waals surface area contributed by atoms with Gasteiger partial charge in [-0.3, -0.25) is 0 Å². The van der Waals surface area contributed by atoms with Crippen molar-refractivity contribution >= 4 is 32.9 Å². The molecule has 10 heteroatoms. The minimum Gasteiger partial charge on any atom is -0.866 e. The van der Waals surface area contributed by atoms with Crippen LogP contribution in [0, 0.1) is 5.39 Å². The van der Waals surface area contributed by atoms with Gasteiger partial charge in [-0.2, -0.15) is 0 Å². The van der Waals surface area contributed by atoms with Crippen molar-refractivity contribution in [3.05, 3.63) is 70.0 Å². The third-order valence-corrected chi connectivity index (χ3v) is 4.16. The predicted molar refractivity (Wildman–Crippen MR) is 92.8 cm³/mol. The van der Waals surface area contributed by atoms with Crippen LogP contribution in [0.2, 0.25) is 0 Å². The lowest BCUT2D eigenvalue weighted by atomic mass is 10.2. The van der Waals surface area contributed by atoms with Crippen LogP contribution in [-0.4, -0.2) is 18.1 Å². The van der Waals surface area contributed by atoms with Gasteiger partial charge in [-0.05, 0) is 35.9 Å². The van der Waals surface area contributed by atoms with E-state index < -0.39 is 32.1 Å². The maximum absolute atomic E-state index is 11.6. The zero-order chi connectivity index (χ0) is 20.2. The highest BCUT2D eigenvalue weighted by Gasteiger charge is 2.19. The number of aromatic hydroxyl groups is 1. The van der Waals surface area contributed by atoms with Crippen molar-refractivity contribution in [1.29, 1.82) is 5.39 Å². The van der Waals surface area contributed by atoms with Crippen molar-refractivity contribution in [1.82, 2.24) is 0 Å². The van der Waals surface area contributed by atoms with E-state index in [1.807, 2.05) is 12.1 Å². The van der Waals surface area contributed by atoms with Gasteiger partial charge in [0.2, 0.25) is 5.39 Å². The number of fused-ring (bicyclic) bond motifs is 1. The number of diazo groups is 1. The summed E-state index contributed by atoms with van der Waals surface area (Å²) in [7, 11) is -4.74. The van der Waals surface area contributed by atoms with Gasteiger partial charge in [0.15, 0.2) is 4.98 Å². The molecule has 0 unspecified atom stereocenters. The van der Waals surface area contributed by atoms with Crippen LogP contribution in [0.1, 0.15) is 5.56 Å². The SMILES string of the molecule is C=Cc1ccc(O)cc1.N#[N+]c1c([O-])c2cc(S(=O)(=O)[O-])ccc2oc1=O. The van der Waals surface area contributed by atoms with Gasteiger partial charge >= 0.3 is 11.3 Å². The number of benzene rings is 2. The van der Waals surface area contributed by atoms with Gasteiger partial charge in [0, 0.05) is 11.1 Å². The van der Waals surface area contributed by atoms with E-state index in [2.05, 4.69) is 16.0 Å². The minimum absolute atomic E-state index is 0.204.